The van der Waals surface area contributed by atoms with Gasteiger partial charge in [0.05, 0.1) is 6.04 Å². The van der Waals surface area contributed by atoms with Crippen LogP contribution in [-0.4, -0.2) is 36.5 Å². The number of nitrogens with zero attached hydrogens (tertiary/aromatic N) is 1. The van der Waals surface area contributed by atoms with E-state index in [0.29, 0.717) is 0 Å². The number of likely N-dealkylation sites (N-methyl/N-ethyl adjacent to an activating group) is 1. The summed E-state index contributed by atoms with van der Waals surface area (Å²) < 4.78 is 18.5. The van der Waals surface area contributed by atoms with Crippen molar-refractivity contribution < 1.29 is 18.7 Å². The first kappa shape index (κ1) is 17.1. The lowest BCUT2D eigenvalue weighted by Crippen LogP contribution is -2.52. The summed E-state index contributed by atoms with van der Waals surface area (Å²) in [5.41, 5.74) is 1.62. The number of amides is 2. The number of morpholine rings is 1. The van der Waals surface area contributed by atoms with Crippen LogP contribution in [0.15, 0.2) is 54.6 Å². The zero-order valence-electron chi connectivity index (χ0n) is 13.8. The average Bonchev–Trinajstić information content (AvgIpc) is 2.64. The van der Waals surface area contributed by atoms with Crippen LogP contribution in [0.25, 0.3) is 0 Å². The van der Waals surface area contributed by atoms with Crippen molar-refractivity contribution in [2.24, 2.45) is 0 Å². The monoisotopic (exact) mass is 342 g/mol. The van der Waals surface area contributed by atoms with E-state index in [0.717, 1.165) is 11.1 Å². The Hall–Kier alpha value is -2.73. The highest BCUT2D eigenvalue weighted by Crippen LogP contribution is 2.29. The summed E-state index contributed by atoms with van der Waals surface area (Å²) in [4.78, 5) is 26.2. The Balaban J connectivity index is 1.74. The predicted molar refractivity (Wildman–Crippen MR) is 89.9 cm³/mol. The van der Waals surface area contributed by atoms with Gasteiger partial charge in [-0.05, 0) is 23.3 Å². The molecule has 1 heterocycles. The van der Waals surface area contributed by atoms with Crippen LogP contribution in [0.4, 0.5) is 4.39 Å². The molecule has 2 aromatic carbocycles. The standard InChI is InChI=1S/C19H19FN2O3/c1-22-16(23)12-25-18(17(22)14-5-3-2-4-6-14)19(24)21-11-13-7-9-15(20)10-8-13/h2-10,17-18H,11-12H2,1H3,(H,21,24). The number of rotatable bonds is 4. The first-order valence-corrected chi connectivity index (χ1v) is 8.00. The second-order valence-corrected chi connectivity index (χ2v) is 5.94. The normalized spacial score (nSPS) is 20.4. The molecule has 0 radical (unpaired) electrons. The van der Waals surface area contributed by atoms with Gasteiger partial charge in [-0.1, -0.05) is 42.5 Å². The maximum absolute atomic E-state index is 13.0. The SMILES string of the molecule is CN1C(=O)COC(C(=O)NCc2ccc(F)cc2)C1c1ccccc1. The fourth-order valence-electron chi connectivity index (χ4n) is 2.87. The average molecular weight is 342 g/mol. The van der Waals surface area contributed by atoms with Crippen LogP contribution < -0.4 is 5.32 Å². The molecule has 1 saturated heterocycles. The van der Waals surface area contributed by atoms with Crippen molar-refractivity contribution in [2.45, 2.75) is 18.7 Å². The second kappa shape index (κ2) is 7.44. The predicted octanol–water partition coefficient (Wildman–Crippen LogP) is 2.04. The van der Waals surface area contributed by atoms with Crippen molar-refractivity contribution >= 4 is 11.8 Å². The van der Waals surface area contributed by atoms with Gasteiger partial charge >= 0.3 is 0 Å². The van der Waals surface area contributed by atoms with Crippen LogP contribution in [0, 0.1) is 5.82 Å². The Bertz CT molecular complexity index is 749. The van der Waals surface area contributed by atoms with Crippen molar-refractivity contribution in [3.05, 3.63) is 71.5 Å². The highest BCUT2D eigenvalue weighted by Gasteiger charge is 2.39. The smallest absolute Gasteiger partial charge is 0.251 e. The van der Waals surface area contributed by atoms with Crippen molar-refractivity contribution in [2.75, 3.05) is 13.7 Å². The van der Waals surface area contributed by atoms with Crippen LogP contribution in [0.3, 0.4) is 0 Å². The van der Waals surface area contributed by atoms with Gasteiger partial charge in [-0.3, -0.25) is 9.59 Å². The van der Waals surface area contributed by atoms with Gasteiger partial charge in [0.15, 0.2) is 6.10 Å². The molecule has 1 aliphatic heterocycles. The van der Waals surface area contributed by atoms with E-state index in [4.69, 9.17) is 4.74 Å². The van der Waals surface area contributed by atoms with Gasteiger partial charge in [0.25, 0.3) is 5.91 Å². The van der Waals surface area contributed by atoms with Gasteiger partial charge in [0.2, 0.25) is 5.91 Å². The minimum absolute atomic E-state index is 0.130. The summed E-state index contributed by atoms with van der Waals surface area (Å²) in [7, 11) is 1.67. The van der Waals surface area contributed by atoms with Gasteiger partial charge in [0.1, 0.15) is 12.4 Å². The molecule has 0 aromatic heterocycles. The van der Waals surface area contributed by atoms with Crippen LogP contribution in [0.1, 0.15) is 17.2 Å². The lowest BCUT2D eigenvalue weighted by atomic mass is 9.97. The molecule has 1 N–H and O–H groups in total. The maximum Gasteiger partial charge on any atom is 0.251 e. The van der Waals surface area contributed by atoms with E-state index in [2.05, 4.69) is 5.32 Å². The number of benzene rings is 2. The lowest BCUT2D eigenvalue weighted by Gasteiger charge is -2.38. The molecule has 2 atom stereocenters. The molecule has 5 nitrogen and oxygen atoms in total. The van der Waals surface area contributed by atoms with Crippen LogP contribution in [-0.2, 0) is 20.9 Å². The van der Waals surface area contributed by atoms with Crippen molar-refractivity contribution in [3.63, 3.8) is 0 Å². The van der Waals surface area contributed by atoms with E-state index in [1.165, 1.54) is 12.1 Å². The molecule has 130 valence electrons. The molecule has 2 amide bonds. The third kappa shape index (κ3) is 3.85. The number of carbonyl (C=O) groups excluding carboxylic acids is 2. The van der Waals surface area contributed by atoms with Gasteiger partial charge < -0.3 is 15.0 Å². The maximum atomic E-state index is 13.0. The Kier molecular flexibility index (Phi) is 5.09. The number of carbonyl (C=O) groups is 2. The molecule has 1 fully saturated rings. The molecule has 3 rings (SSSR count). The zero-order chi connectivity index (χ0) is 17.8. The molecule has 0 saturated carbocycles. The van der Waals surface area contributed by atoms with Crippen LogP contribution >= 0.6 is 0 Å². The van der Waals surface area contributed by atoms with E-state index in [9.17, 15) is 14.0 Å². The molecule has 6 heteroatoms. The lowest BCUT2D eigenvalue weighted by molar-refractivity contribution is -0.162. The molecule has 0 aliphatic carbocycles. The fraction of sp³-hybridized carbons (Fsp3) is 0.263. The van der Waals surface area contributed by atoms with Crippen LogP contribution in [0.2, 0.25) is 0 Å². The van der Waals surface area contributed by atoms with Crippen LogP contribution in [0.5, 0.6) is 0 Å². The Morgan fingerprint density at radius 1 is 1.20 bits per heavy atom. The third-order valence-corrected chi connectivity index (χ3v) is 4.26. The fourth-order valence-corrected chi connectivity index (χ4v) is 2.87. The molecular formula is C19H19FN2O3. The molecule has 2 aromatic rings. The van der Waals surface area contributed by atoms with E-state index < -0.39 is 12.1 Å². The van der Waals surface area contributed by atoms with Crippen molar-refractivity contribution in [1.29, 1.82) is 0 Å². The molecule has 25 heavy (non-hydrogen) atoms. The summed E-state index contributed by atoms with van der Waals surface area (Å²) in [5.74, 6) is -0.802. The van der Waals surface area contributed by atoms with Gasteiger partial charge in [-0.2, -0.15) is 0 Å². The molecule has 0 bridgehead atoms. The summed E-state index contributed by atoms with van der Waals surface area (Å²) in [5, 5.41) is 2.80. The largest absolute Gasteiger partial charge is 0.356 e. The number of ether oxygens (including phenoxy) is 1. The van der Waals surface area contributed by atoms with Crippen molar-refractivity contribution in [3.8, 4) is 0 Å². The third-order valence-electron chi connectivity index (χ3n) is 4.26. The minimum Gasteiger partial charge on any atom is -0.356 e. The summed E-state index contributed by atoms with van der Waals surface area (Å²) in [6.07, 6.45) is -0.800. The number of hydrogen-bond acceptors (Lipinski definition) is 3. The van der Waals surface area contributed by atoms with Gasteiger partial charge in [0, 0.05) is 13.6 Å². The Morgan fingerprint density at radius 3 is 2.56 bits per heavy atom. The first-order valence-electron chi connectivity index (χ1n) is 8.00. The Labute approximate surface area is 145 Å². The van der Waals surface area contributed by atoms with Gasteiger partial charge in [-0.25, -0.2) is 4.39 Å². The summed E-state index contributed by atoms with van der Waals surface area (Å²) in [6.45, 7) is 0.132. The summed E-state index contributed by atoms with van der Waals surface area (Å²) >= 11 is 0. The van der Waals surface area contributed by atoms with E-state index in [-0.39, 0.29) is 30.8 Å². The van der Waals surface area contributed by atoms with E-state index in [1.54, 1.807) is 24.1 Å². The molecule has 2 unspecified atom stereocenters. The number of hydrogen-bond donors (Lipinski definition) is 1. The highest BCUT2D eigenvalue weighted by molar-refractivity contribution is 5.86. The number of halogens is 1. The topological polar surface area (TPSA) is 58.6 Å². The Morgan fingerprint density at radius 2 is 1.88 bits per heavy atom. The van der Waals surface area contributed by atoms with Crippen molar-refractivity contribution in [1.82, 2.24) is 10.2 Å². The first-order chi connectivity index (χ1) is 12.1. The molecule has 0 spiro atoms. The highest BCUT2D eigenvalue weighted by atomic mass is 19.1. The van der Waals surface area contributed by atoms with Gasteiger partial charge in [-0.15, -0.1) is 0 Å². The zero-order valence-corrected chi connectivity index (χ0v) is 13.8. The van der Waals surface area contributed by atoms with E-state index in [1.807, 2.05) is 30.3 Å². The number of nitrogens with one attached hydrogen (secondary N) is 1. The second-order valence-electron chi connectivity index (χ2n) is 5.94. The summed E-state index contributed by atoms with van der Waals surface area (Å²) in [6, 6.07) is 14.7. The molecular weight excluding hydrogens is 323 g/mol. The quantitative estimate of drug-likeness (QED) is 0.925. The van der Waals surface area contributed by atoms with E-state index >= 15 is 0 Å². The minimum atomic E-state index is -0.800. The molecule has 1 aliphatic rings.